The number of aromatic amines is 1. The highest BCUT2D eigenvalue weighted by molar-refractivity contribution is 5.87. The van der Waals surface area contributed by atoms with Crippen LogP contribution in [0, 0.1) is 0 Å². The molecule has 6 N–H and O–H groups in total. The quantitative estimate of drug-likeness (QED) is 0.358. The summed E-state index contributed by atoms with van der Waals surface area (Å²) in [5, 5.41) is 14.5. The van der Waals surface area contributed by atoms with Gasteiger partial charge in [-0.2, -0.15) is 0 Å². The number of H-pyrrole nitrogens is 1. The first-order chi connectivity index (χ1) is 10.6. The molecule has 122 valence electrons. The highest BCUT2D eigenvalue weighted by Crippen LogP contribution is 2.04. The molecule has 0 saturated heterocycles. The van der Waals surface area contributed by atoms with Crippen molar-refractivity contribution in [3.05, 3.63) is 31.0 Å². The van der Waals surface area contributed by atoms with E-state index in [1.807, 2.05) is 0 Å². The van der Waals surface area contributed by atoms with Crippen LogP contribution < -0.4 is 16.4 Å². The predicted octanol–water partition coefficient (Wildman–Crippen LogP) is -0.248. The number of aliphatic carboxylic acids is 1. The van der Waals surface area contributed by atoms with E-state index in [-0.39, 0.29) is 0 Å². The Kier molecular flexibility index (Phi) is 7.69. The molecule has 2 unspecified atom stereocenters. The summed E-state index contributed by atoms with van der Waals surface area (Å²) >= 11 is 0. The fourth-order valence-corrected chi connectivity index (χ4v) is 2.00. The van der Waals surface area contributed by atoms with Gasteiger partial charge >= 0.3 is 5.97 Å². The Morgan fingerprint density at radius 2 is 2.23 bits per heavy atom. The van der Waals surface area contributed by atoms with Crippen molar-refractivity contribution in [2.75, 3.05) is 6.54 Å². The lowest BCUT2D eigenvalue weighted by Crippen LogP contribution is -2.50. The molecule has 8 heteroatoms. The maximum absolute atomic E-state index is 12.3. The molecule has 0 saturated carbocycles. The number of hydrogen-bond donors (Lipinski definition) is 5. The number of nitrogens with two attached hydrogens (primary N) is 1. The Morgan fingerprint density at radius 1 is 1.45 bits per heavy atom. The van der Waals surface area contributed by atoms with E-state index in [2.05, 4.69) is 27.2 Å². The summed E-state index contributed by atoms with van der Waals surface area (Å²) in [5.41, 5.74) is 6.09. The van der Waals surface area contributed by atoms with Crippen molar-refractivity contribution in [2.24, 2.45) is 5.73 Å². The highest BCUT2D eigenvalue weighted by atomic mass is 16.4. The molecule has 1 aromatic heterocycles. The number of unbranched alkanes of at least 4 members (excludes halogenated alkanes) is 1. The number of nitrogens with one attached hydrogen (secondary N) is 3. The Bertz CT molecular complexity index is 475. The van der Waals surface area contributed by atoms with E-state index >= 15 is 0 Å². The molecular weight excluding hydrogens is 286 g/mol. The third-order valence-electron chi connectivity index (χ3n) is 3.17. The van der Waals surface area contributed by atoms with Crippen LogP contribution >= 0.6 is 0 Å². The molecule has 22 heavy (non-hydrogen) atoms. The predicted molar refractivity (Wildman–Crippen MR) is 81.9 cm³/mol. The molecule has 0 radical (unpaired) electrons. The monoisotopic (exact) mass is 309 g/mol. The smallest absolute Gasteiger partial charge is 0.326 e. The molecule has 0 spiro atoms. The summed E-state index contributed by atoms with van der Waals surface area (Å²) in [6.45, 7) is 4.04. The van der Waals surface area contributed by atoms with Gasteiger partial charge < -0.3 is 26.5 Å². The summed E-state index contributed by atoms with van der Waals surface area (Å²) in [6.07, 6.45) is 6.65. The van der Waals surface area contributed by atoms with Gasteiger partial charge in [-0.3, -0.25) is 4.79 Å². The molecule has 1 aromatic rings. The molecule has 0 bridgehead atoms. The summed E-state index contributed by atoms with van der Waals surface area (Å²) in [4.78, 5) is 30.3. The molecular formula is C14H23N5O3. The van der Waals surface area contributed by atoms with Gasteiger partial charge in [0.2, 0.25) is 5.91 Å². The zero-order valence-corrected chi connectivity index (χ0v) is 12.4. The molecule has 8 nitrogen and oxygen atoms in total. The van der Waals surface area contributed by atoms with Crippen molar-refractivity contribution in [1.82, 2.24) is 20.6 Å². The Hall–Kier alpha value is -2.35. The molecule has 1 amide bonds. The Labute approximate surface area is 129 Å². The van der Waals surface area contributed by atoms with Crippen LogP contribution in [0.5, 0.6) is 0 Å². The van der Waals surface area contributed by atoms with E-state index in [0.717, 1.165) is 6.42 Å². The van der Waals surface area contributed by atoms with Crippen molar-refractivity contribution in [3.63, 3.8) is 0 Å². The SMILES string of the molecule is C=CNC(Cc1c[nH]cn1)C(=O)NC(CCCCN)C(=O)O. The van der Waals surface area contributed by atoms with Crippen molar-refractivity contribution in [3.8, 4) is 0 Å². The maximum Gasteiger partial charge on any atom is 0.326 e. The fraction of sp³-hybridized carbons (Fsp3) is 0.500. The van der Waals surface area contributed by atoms with Gasteiger partial charge in [0.1, 0.15) is 12.1 Å². The van der Waals surface area contributed by atoms with Crippen LogP contribution in [0.4, 0.5) is 0 Å². The van der Waals surface area contributed by atoms with Crippen LogP contribution in [0.15, 0.2) is 25.3 Å². The summed E-state index contributed by atoms with van der Waals surface area (Å²) < 4.78 is 0. The maximum atomic E-state index is 12.3. The number of hydrogen-bond acceptors (Lipinski definition) is 5. The van der Waals surface area contributed by atoms with Gasteiger partial charge in [-0.15, -0.1) is 0 Å². The lowest BCUT2D eigenvalue weighted by Gasteiger charge is -2.20. The average molecular weight is 309 g/mol. The van der Waals surface area contributed by atoms with Crippen molar-refractivity contribution in [2.45, 2.75) is 37.8 Å². The number of carboxylic acid groups (broad SMARTS) is 1. The van der Waals surface area contributed by atoms with Crippen LogP contribution in [0.1, 0.15) is 25.0 Å². The van der Waals surface area contributed by atoms with E-state index < -0.39 is 24.0 Å². The lowest BCUT2D eigenvalue weighted by atomic mass is 10.1. The van der Waals surface area contributed by atoms with E-state index in [0.29, 0.717) is 31.5 Å². The van der Waals surface area contributed by atoms with Crippen LogP contribution in [-0.2, 0) is 16.0 Å². The number of carboxylic acids is 1. The normalized spacial score (nSPS) is 13.1. The van der Waals surface area contributed by atoms with Crippen molar-refractivity contribution in [1.29, 1.82) is 0 Å². The molecule has 0 aliphatic heterocycles. The van der Waals surface area contributed by atoms with Gasteiger partial charge in [0.25, 0.3) is 0 Å². The van der Waals surface area contributed by atoms with Gasteiger partial charge in [-0.1, -0.05) is 6.58 Å². The number of nitrogens with zero attached hydrogens (tertiary/aromatic N) is 1. The number of imidazole rings is 1. The number of carbonyl (C=O) groups excluding carboxylic acids is 1. The summed E-state index contributed by atoms with van der Waals surface area (Å²) in [7, 11) is 0. The van der Waals surface area contributed by atoms with E-state index in [1.165, 1.54) is 12.5 Å². The molecule has 0 aliphatic carbocycles. The minimum Gasteiger partial charge on any atom is -0.480 e. The topological polar surface area (TPSA) is 133 Å². The molecule has 1 heterocycles. The third kappa shape index (κ3) is 5.96. The van der Waals surface area contributed by atoms with Crippen LogP contribution in [-0.4, -0.2) is 45.6 Å². The minimum atomic E-state index is -1.05. The summed E-state index contributed by atoms with van der Waals surface area (Å²) in [6, 6.07) is -1.55. The first kappa shape index (κ1) is 17.7. The number of aromatic nitrogens is 2. The standard InChI is InChI=1S/C14H23N5O3/c1-2-17-12(7-10-8-16-9-18-10)13(20)19-11(14(21)22)5-3-4-6-15/h2,8-9,11-12,17H,1,3-7,15H2,(H,16,18)(H,19,20)(H,21,22). The lowest BCUT2D eigenvalue weighted by molar-refractivity contribution is -0.142. The zero-order valence-electron chi connectivity index (χ0n) is 12.4. The van der Waals surface area contributed by atoms with Crippen LogP contribution in [0.2, 0.25) is 0 Å². The first-order valence-electron chi connectivity index (χ1n) is 7.16. The molecule has 0 fully saturated rings. The van der Waals surface area contributed by atoms with Crippen LogP contribution in [0.3, 0.4) is 0 Å². The van der Waals surface area contributed by atoms with Crippen molar-refractivity contribution >= 4 is 11.9 Å². The number of rotatable bonds is 11. The molecule has 0 aliphatic rings. The first-order valence-corrected chi connectivity index (χ1v) is 7.16. The van der Waals surface area contributed by atoms with Gasteiger partial charge in [-0.25, -0.2) is 9.78 Å². The molecule has 0 aromatic carbocycles. The van der Waals surface area contributed by atoms with E-state index in [4.69, 9.17) is 5.73 Å². The zero-order chi connectivity index (χ0) is 16.4. The van der Waals surface area contributed by atoms with Gasteiger partial charge in [-0.05, 0) is 32.0 Å². The van der Waals surface area contributed by atoms with Gasteiger partial charge in [0.15, 0.2) is 0 Å². The van der Waals surface area contributed by atoms with Gasteiger partial charge in [0, 0.05) is 12.6 Å². The minimum absolute atomic E-state index is 0.330. The van der Waals surface area contributed by atoms with E-state index in [9.17, 15) is 14.7 Å². The Balaban J connectivity index is 2.62. The van der Waals surface area contributed by atoms with E-state index in [1.54, 1.807) is 6.20 Å². The second-order valence-corrected chi connectivity index (χ2v) is 4.87. The molecule has 1 rings (SSSR count). The third-order valence-corrected chi connectivity index (χ3v) is 3.17. The number of amides is 1. The van der Waals surface area contributed by atoms with Gasteiger partial charge in [0.05, 0.1) is 12.0 Å². The summed E-state index contributed by atoms with van der Waals surface area (Å²) in [5.74, 6) is -1.45. The molecule has 2 atom stereocenters. The Morgan fingerprint density at radius 3 is 2.77 bits per heavy atom. The van der Waals surface area contributed by atoms with Crippen molar-refractivity contribution < 1.29 is 14.7 Å². The second-order valence-electron chi connectivity index (χ2n) is 4.87. The highest BCUT2D eigenvalue weighted by Gasteiger charge is 2.24. The number of carbonyl (C=O) groups is 2. The fourth-order valence-electron chi connectivity index (χ4n) is 2.00. The second kappa shape index (κ2) is 9.56. The average Bonchev–Trinajstić information content (AvgIpc) is 2.98. The largest absolute Gasteiger partial charge is 0.480 e. The van der Waals surface area contributed by atoms with Crippen LogP contribution in [0.25, 0.3) is 0 Å².